The molecule has 4 atom stereocenters. The molecule has 126 valence electrons. The van der Waals surface area contributed by atoms with E-state index in [9.17, 15) is 14.4 Å². The molecule has 0 spiro atoms. The van der Waals surface area contributed by atoms with E-state index >= 15 is 4.39 Å². The Bertz CT molecular complexity index is 806. The Hall–Kier alpha value is -2.44. The summed E-state index contributed by atoms with van der Waals surface area (Å²) >= 11 is 0. The van der Waals surface area contributed by atoms with Gasteiger partial charge in [0.05, 0.1) is 19.1 Å². The van der Waals surface area contributed by atoms with Crippen LogP contribution >= 0.6 is 0 Å². The molecule has 1 saturated heterocycles. The van der Waals surface area contributed by atoms with Gasteiger partial charge in [-0.05, 0) is 37.1 Å². The van der Waals surface area contributed by atoms with Crippen LogP contribution in [-0.2, 0) is 15.0 Å². The average Bonchev–Trinajstić information content (AvgIpc) is 2.54. The summed E-state index contributed by atoms with van der Waals surface area (Å²) < 4.78 is 20.7. The average molecular weight is 332 g/mol. The number of benzene rings is 1. The minimum Gasteiger partial charge on any atom is -0.497 e. The number of Topliss-reactive ketones (excluding diaryl/α,β-unsaturated/α-hetero) is 1. The van der Waals surface area contributed by atoms with E-state index in [4.69, 9.17) is 4.74 Å². The molecule has 2 N–H and O–H groups in total. The Kier molecular flexibility index (Phi) is 2.73. The van der Waals surface area contributed by atoms with Crippen LogP contribution in [0.2, 0.25) is 0 Å². The zero-order valence-corrected chi connectivity index (χ0v) is 13.5. The van der Waals surface area contributed by atoms with Crippen molar-refractivity contribution in [1.82, 2.24) is 10.6 Å². The lowest BCUT2D eigenvalue weighted by atomic mass is 9.46. The maximum atomic E-state index is 15.5. The fraction of sp³-hybridized carbons (Fsp3) is 0.471. The van der Waals surface area contributed by atoms with Gasteiger partial charge in [-0.2, -0.15) is 0 Å². The van der Waals surface area contributed by atoms with Crippen molar-refractivity contribution in [3.05, 3.63) is 29.3 Å². The van der Waals surface area contributed by atoms with E-state index in [0.717, 1.165) is 0 Å². The number of rotatable bonds is 1. The van der Waals surface area contributed by atoms with Crippen molar-refractivity contribution in [2.24, 2.45) is 5.92 Å². The standard InChI is InChI=1S/C17H17FN2O4/c1-16(2)9-6-7(24-3)4-5-8(9)11-10(13(16)21)12-17(11,18)14(22)20-15(23)19-12/h4-6,10-12H,1-3H3,(H2,19,20,22,23)/t10-,11+,12+,17+/m1/s1. The third-order valence-electron chi connectivity index (χ3n) is 5.67. The van der Waals surface area contributed by atoms with Crippen molar-refractivity contribution in [1.29, 1.82) is 0 Å². The topological polar surface area (TPSA) is 84.5 Å². The fourth-order valence-corrected chi connectivity index (χ4v) is 4.39. The van der Waals surface area contributed by atoms with Gasteiger partial charge in [-0.3, -0.25) is 14.9 Å². The summed E-state index contributed by atoms with van der Waals surface area (Å²) in [4.78, 5) is 36.7. The molecule has 0 aromatic heterocycles. The molecule has 1 aromatic rings. The van der Waals surface area contributed by atoms with Gasteiger partial charge in [0.15, 0.2) is 0 Å². The number of ether oxygens (including phenoxy) is 1. The van der Waals surface area contributed by atoms with Gasteiger partial charge < -0.3 is 10.1 Å². The minimum atomic E-state index is -2.31. The van der Waals surface area contributed by atoms with Crippen LogP contribution in [0.15, 0.2) is 18.2 Å². The molecule has 6 nitrogen and oxygen atoms in total. The van der Waals surface area contributed by atoms with E-state index in [1.54, 1.807) is 32.0 Å². The highest BCUT2D eigenvalue weighted by Crippen LogP contribution is 2.61. The van der Waals surface area contributed by atoms with Gasteiger partial charge in [-0.15, -0.1) is 0 Å². The first-order valence-corrected chi connectivity index (χ1v) is 7.76. The molecule has 3 aliphatic rings. The summed E-state index contributed by atoms with van der Waals surface area (Å²) in [5, 5.41) is 4.39. The SMILES string of the molecule is COc1ccc2c(c1)C(C)(C)C(=O)[C@H]1[C@@H]3NC(=O)NC(=O)[C@]3(F)[C@@H]21. The Morgan fingerprint density at radius 1 is 1.21 bits per heavy atom. The molecule has 1 aliphatic heterocycles. The predicted octanol–water partition coefficient (Wildman–Crippen LogP) is 1.19. The first-order valence-electron chi connectivity index (χ1n) is 7.76. The Morgan fingerprint density at radius 2 is 1.92 bits per heavy atom. The summed E-state index contributed by atoms with van der Waals surface area (Å²) in [7, 11) is 1.52. The second-order valence-electron chi connectivity index (χ2n) is 7.12. The first kappa shape index (κ1) is 15.1. The van der Waals surface area contributed by atoms with E-state index in [1.165, 1.54) is 7.11 Å². The molecule has 7 heteroatoms. The predicted molar refractivity (Wildman–Crippen MR) is 81.6 cm³/mol. The van der Waals surface area contributed by atoms with Crippen LogP contribution in [0.4, 0.5) is 9.18 Å². The lowest BCUT2D eigenvalue weighted by Gasteiger charge is -2.60. The van der Waals surface area contributed by atoms with Gasteiger partial charge in [0, 0.05) is 11.3 Å². The quantitative estimate of drug-likeness (QED) is 0.809. The Balaban J connectivity index is 1.92. The van der Waals surface area contributed by atoms with Crippen LogP contribution < -0.4 is 15.4 Å². The number of hydrogen-bond acceptors (Lipinski definition) is 4. The van der Waals surface area contributed by atoms with Crippen molar-refractivity contribution in [2.75, 3.05) is 7.11 Å². The third-order valence-corrected chi connectivity index (χ3v) is 5.67. The number of imide groups is 1. The van der Waals surface area contributed by atoms with Crippen molar-refractivity contribution in [2.45, 2.75) is 36.9 Å². The van der Waals surface area contributed by atoms with Crippen molar-refractivity contribution in [3.63, 3.8) is 0 Å². The molecule has 4 rings (SSSR count). The van der Waals surface area contributed by atoms with E-state index in [0.29, 0.717) is 16.9 Å². The van der Waals surface area contributed by atoms with E-state index in [-0.39, 0.29) is 5.78 Å². The van der Waals surface area contributed by atoms with Crippen LogP contribution in [0.25, 0.3) is 0 Å². The molecule has 24 heavy (non-hydrogen) atoms. The summed E-state index contributed by atoms with van der Waals surface area (Å²) in [5.41, 5.74) is -1.89. The lowest BCUT2D eigenvalue weighted by Crippen LogP contribution is -2.82. The largest absolute Gasteiger partial charge is 0.497 e. The van der Waals surface area contributed by atoms with Crippen LogP contribution in [-0.4, -0.2) is 36.5 Å². The zero-order chi connectivity index (χ0) is 17.4. The maximum Gasteiger partial charge on any atom is 0.321 e. The normalized spacial score (nSPS) is 35.7. The highest BCUT2D eigenvalue weighted by molar-refractivity contribution is 6.08. The van der Waals surface area contributed by atoms with Crippen LogP contribution in [0.3, 0.4) is 0 Å². The number of hydrogen-bond donors (Lipinski definition) is 2. The van der Waals surface area contributed by atoms with Gasteiger partial charge in [-0.1, -0.05) is 6.07 Å². The molecule has 0 radical (unpaired) electrons. The van der Waals surface area contributed by atoms with Crippen LogP contribution in [0.5, 0.6) is 5.75 Å². The molecule has 1 saturated carbocycles. The Labute approximate surface area is 137 Å². The van der Waals surface area contributed by atoms with Crippen LogP contribution in [0.1, 0.15) is 30.9 Å². The monoisotopic (exact) mass is 332 g/mol. The van der Waals surface area contributed by atoms with Crippen molar-refractivity contribution in [3.8, 4) is 5.75 Å². The lowest BCUT2D eigenvalue weighted by molar-refractivity contribution is -0.164. The van der Waals surface area contributed by atoms with Crippen molar-refractivity contribution < 1.29 is 23.5 Å². The first-order chi connectivity index (χ1) is 11.2. The molecule has 0 unspecified atom stereocenters. The van der Waals surface area contributed by atoms with E-state index in [1.807, 2.05) is 5.32 Å². The van der Waals surface area contributed by atoms with Gasteiger partial charge in [0.2, 0.25) is 5.67 Å². The zero-order valence-electron chi connectivity index (χ0n) is 13.5. The van der Waals surface area contributed by atoms with Gasteiger partial charge in [0.1, 0.15) is 11.5 Å². The van der Waals surface area contributed by atoms with E-state index < -0.39 is 40.9 Å². The number of carbonyl (C=O) groups is 3. The summed E-state index contributed by atoms with van der Waals surface area (Å²) in [5.74, 6) is -2.24. The molecular formula is C17H17FN2O4. The number of fused-ring (bicyclic) bond motifs is 6. The summed E-state index contributed by atoms with van der Waals surface area (Å²) in [6.45, 7) is 3.54. The maximum absolute atomic E-state index is 15.5. The second-order valence-corrected chi connectivity index (χ2v) is 7.12. The number of carbonyl (C=O) groups excluding carboxylic acids is 3. The number of ketones is 1. The summed E-state index contributed by atoms with van der Waals surface area (Å²) in [6, 6.07) is 3.24. The number of halogens is 1. The number of methoxy groups -OCH3 is 1. The Morgan fingerprint density at radius 3 is 2.58 bits per heavy atom. The third kappa shape index (κ3) is 1.52. The van der Waals surface area contributed by atoms with Gasteiger partial charge in [0.25, 0.3) is 5.91 Å². The van der Waals surface area contributed by atoms with E-state index in [2.05, 4.69) is 5.32 Å². The summed E-state index contributed by atoms with van der Waals surface area (Å²) in [6.07, 6.45) is 0. The number of alkyl halides is 1. The molecular weight excluding hydrogens is 315 g/mol. The number of amides is 3. The highest BCUT2D eigenvalue weighted by Gasteiger charge is 2.75. The molecule has 0 bridgehead atoms. The highest BCUT2D eigenvalue weighted by atomic mass is 19.1. The fourth-order valence-electron chi connectivity index (χ4n) is 4.39. The van der Waals surface area contributed by atoms with Crippen LogP contribution in [0, 0.1) is 5.92 Å². The van der Waals surface area contributed by atoms with Gasteiger partial charge >= 0.3 is 6.03 Å². The van der Waals surface area contributed by atoms with Crippen molar-refractivity contribution >= 4 is 17.7 Å². The molecule has 1 heterocycles. The van der Waals surface area contributed by atoms with Gasteiger partial charge in [-0.25, -0.2) is 9.18 Å². The molecule has 2 fully saturated rings. The molecule has 3 amide bonds. The minimum absolute atomic E-state index is 0.179. The second kappa shape index (κ2) is 4.34. The smallest absolute Gasteiger partial charge is 0.321 e. The number of urea groups is 1. The molecule has 1 aromatic carbocycles. The molecule has 2 aliphatic carbocycles. The number of nitrogens with one attached hydrogen (secondary N) is 2.